The second-order valence-electron chi connectivity index (χ2n) is 6.34. The van der Waals surface area contributed by atoms with Gasteiger partial charge in [-0.2, -0.15) is 0 Å². The Hall–Kier alpha value is -2.50. The van der Waals surface area contributed by atoms with E-state index in [1.54, 1.807) is 7.11 Å². The first kappa shape index (κ1) is 18.8. The Labute approximate surface area is 169 Å². The fraction of sp³-hybridized carbons (Fsp3) is 0.300. The fourth-order valence-corrected chi connectivity index (χ4v) is 5.52. The number of ether oxygens (including phenoxy) is 4. The van der Waals surface area contributed by atoms with E-state index in [-0.39, 0.29) is 33.0 Å². The van der Waals surface area contributed by atoms with E-state index in [1.807, 2.05) is 36.4 Å². The molecule has 2 aliphatic heterocycles. The van der Waals surface area contributed by atoms with Gasteiger partial charge in [0, 0.05) is 0 Å². The molecule has 2 heterocycles. The molecule has 0 saturated heterocycles. The van der Waals surface area contributed by atoms with E-state index in [1.165, 1.54) is 7.11 Å². The van der Waals surface area contributed by atoms with Crippen molar-refractivity contribution in [2.45, 2.75) is 11.3 Å². The molecule has 1 N–H and O–H groups in total. The van der Waals surface area contributed by atoms with Gasteiger partial charge in [-0.15, -0.1) is 0 Å². The summed E-state index contributed by atoms with van der Waals surface area (Å²) in [5, 5.41) is 2.79. The summed E-state index contributed by atoms with van der Waals surface area (Å²) in [4.78, 5) is 16.4. The topological polar surface area (TPSA) is 78.4 Å². The van der Waals surface area contributed by atoms with Crippen LogP contribution >= 0.6 is 0 Å². The second-order valence-corrected chi connectivity index (χ2v) is 8.99. The van der Waals surface area contributed by atoms with Gasteiger partial charge in [0.15, 0.2) is 0 Å². The number of aliphatic imine (C=N–C) groups is 1. The van der Waals surface area contributed by atoms with Gasteiger partial charge in [0.25, 0.3) is 0 Å². The van der Waals surface area contributed by atoms with Crippen molar-refractivity contribution in [3.8, 4) is 11.5 Å². The van der Waals surface area contributed by atoms with Crippen LogP contribution in [0.3, 0.4) is 0 Å². The van der Waals surface area contributed by atoms with Crippen LogP contribution in [0.25, 0.3) is 0 Å². The number of amides is 1. The number of hydrogen-bond donors (Lipinski definition) is 1. The van der Waals surface area contributed by atoms with Crippen LogP contribution in [-0.2, 0) is 20.9 Å². The molecule has 1 unspecified atom stereocenters. The summed E-state index contributed by atoms with van der Waals surface area (Å²) in [6.07, 6.45) is 0. The molecule has 0 saturated carbocycles. The molecule has 4 rings (SSSR count). The summed E-state index contributed by atoms with van der Waals surface area (Å²) in [7, 11) is 3.16. The molecule has 2 aliphatic rings. The number of hydrogen-bond acceptors (Lipinski definition) is 6. The van der Waals surface area contributed by atoms with E-state index in [4.69, 9.17) is 23.9 Å². The van der Waals surface area contributed by atoms with Crippen LogP contribution in [-0.4, -0.2) is 53.8 Å². The van der Waals surface area contributed by atoms with Crippen LogP contribution in [0, 0.1) is 0 Å². The Balaban J connectivity index is 1.50. The van der Waals surface area contributed by atoms with E-state index in [2.05, 4.69) is 5.32 Å². The van der Waals surface area contributed by atoms with Crippen molar-refractivity contribution >= 4 is 37.7 Å². The van der Waals surface area contributed by atoms with Crippen LogP contribution in [0.2, 0.25) is 0 Å². The zero-order valence-corrected chi connectivity index (χ0v) is 17.5. The first-order chi connectivity index (χ1) is 13.7. The van der Waals surface area contributed by atoms with Crippen LogP contribution in [0.1, 0.15) is 15.8 Å². The molecule has 1 atom stereocenters. The minimum absolute atomic E-state index is 0.0219. The maximum absolute atomic E-state index is 11.7. The standard InChI is InChI=1S/C20H20AsN2O5/c1-25-11-18(24)22-13-6-7-15-12(8-13)9-28-20(23-15)21-14-10-27-17-5-3-4-16(26-2)19(14)17/h3-8,14H,9-11H2,1-2H3,(H,22,24). The van der Waals surface area contributed by atoms with Crippen molar-refractivity contribution in [2.75, 3.05) is 32.8 Å². The van der Waals surface area contributed by atoms with Gasteiger partial charge in [-0.1, -0.05) is 0 Å². The molecule has 0 fully saturated rings. The van der Waals surface area contributed by atoms with Crippen LogP contribution < -0.4 is 14.8 Å². The number of nitrogens with zero attached hydrogens (tertiary/aromatic N) is 1. The van der Waals surface area contributed by atoms with Crippen LogP contribution in [0.4, 0.5) is 11.4 Å². The van der Waals surface area contributed by atoms with Crippen LogP contribution in [0.15, 0.2) is 41.4 Å². The maximum atomic E-state index is 11.7. The Bertz CT molecular complexity index is 931. The Morgan fingerprint density at radius 2 is 2.18 bits per heavy atom. The van der Waals surface area contributed by atoms with E-state index in [0.29, 0.717) is 18.9 Å². The fourth-order valence-electron chi connectivity index (χ4n) is 3.20. The van der Waals surface area contributed by atoms with Gasteiger partial charge < -0.3 is 0 Å². The third kappa shape index (κ3) is 3.86. The minimum atomic E-state index is -0.356. The molecular weight excluding hydrogens is 423 g/mol. The number of nitrogens with one attached hydrogen (secondary N) is 1. The monoisotopic (exact) mass is 443 g/mol. The summed E-state index contributed by atoms with van der Waals surface area (Å²) in [5.41, 5.74) is 3.64. The quantitative estimate of drug-likeness (QED) is 0.695. The summed E-state index contributed by atoms with van der Waals surface area (Å²) < 4.78 is 23.1. The van der Waals surface area contributed by atoms with Crippen LogP contribution in [0.5, 0.6) is 11.5 Å². The molecule has 8 heteroatoms. The molecule has 0 aliphatic carbocycles. The van der Waals surface area contributed by atoms with Gasteiger partial charge in [0.2, 0.25) is 0 Å². The average Bonchev–Trinajstić information content (AvgIpc) is 3.11. The average molecular weight is 443 g/mol. The summed E-state index contributed by atoms with van der Waals surface area (Å²) in [5.74, 6) is 1.54. The third-order valence-electron chi connectivity index (χ3n) is 4.45. The number of rotatable bonds is 6. The molecule has 0 aromatic heterocycles. The van der Waals surface area contributed by atoms with Gasteiger partial charge >= 0.3 is 170 Å². The molecule has 1 radical (unpaired) electrons. The van der Waals surface area contributed by atoms with Crippen molar-refractivity contribution in [1.82, 2.24) is 0 Å². The number of methoxy groups -OCH3 is 2. The van der Waals surface area contributed by atoms with E-state index in [0.717, 1.165) is 33.0 Å². The Kier molecular flexibility index (Phi) is 5.55. The molecule has 2 aromatic carbocycles. The van der Waals surface area contributed by atoms with Gasteiger partial charge in [-0.25, -0.2) is 0 Å². The summed E-state index contributed by atoms with van der Waals surface area (Å²) >= 11 is -0.356. The molecular formula is C20H20AsN2O5. The molecule has 1 amide bonds. The van der Waals surface area contributed by atoms with Gasteiger partial charge in [-0.3, -0.25) is 0 Å². The number of carbonyl (C=O) groups is 1. The Morgan fingerprint density at radius 3 is 3.00 bits per heavy atom. The third-order valence-corrected chi connectivity index (χ3v) is 6.91. The first-order valence-electron chi connectivity index (χ1n) is 8.81. The van der Waals surface area contributed by atoms with Gasteiger partial charge in [0.05, 0.1) is 0 Å². The number of carbonyl (C=O) groups excluding carboxylic acids is 1. The predicted molar refractivity (Wildman–Crippen MR) is 106 cm³/mol. The normalized spacial score (nSPS) is 17.4. The molecule has 0 bridgehead atoms. The van der Waals surface area contributed by atoms with Gasteiger partial charge in [-0.05, 0) is 0 Å². The van der Waals surface area contributed by atoms with E-state index >= 15 is 0 Å². The number of anilines is 1. The molecule has 145 valence electrons. The van der Waals surface area contributed by atoms with Crippen molar-refractivity contribution < 1.29 is 23.7 Å². The molecule has 28 heavy (non-hydrogen) atoms. The van der Waals surface area contributed by atoms with E-state index in [9.17, 15) is 4.79 Å². The summed E-state index contributed by atoms with van der Waals surface area (Å²) in [6.45, 7) is 1.08. The molecule has 0 spiro atoms. The van der Waals surface area contributed by atoms with Crippen molar-refractivity contribution in [3.63, 3.8) is 0 Å². The molecule has 7 nitrogen and oxygen atoms in total. The van der Waals surface area contributed by atoms with E-state index < -0.39 is 0 Å². The number of benzene rings is 2. The van der Waals surface area contributed by atoms with Crippen molar-refractivity contribution in [1.29, 1.82) is 0 Å². The zero-order chi connectivity index (χ0) is 19.5. The second kappa shape index (κ2) is 8.25. The van der Waals surface area contributed by atoms with Gasteiger partial charge in [0.1, 0.15) is 0 Å². The SMILES string of the molecule is COCC(=O)Nc1ccc2c(c1)COC([As]C1COc3cccc(OC)c31)=N2. The van der Waals surface area contributed by atoms with Crippen molar-refractivity contribution in [3.05, 3.63) is 47.5 Å². The zero-order valence-electron chi connectivity index (χ0n) is 15.6. The summed E-state index contributed by atoms with van der Waals surface area (Å²) in [6, 6.07) is 11.5. The first-order valence-corrected chi connectivity index (χ1v) is 10.8. The molecule has 2 aromatic rings. The number of fused-ring (bicyclic) bond motifs is 2. The predicted octanol–water partition coefficient (Wildman–Crippen LogP) is 2.64. The Morgan fingerprint density at radius 1 is 1.29 bits per heavy atom. The van der Waals surface area contributed by atoms with Crippen molar-refractivity contribution in [2.24, 2.45) is 4.99 Å².